The molecule has 0 aromatic carbocycles. The van der Waals surface area contributed by atoms with Crippen molar-refractivity contribution < 1.29 is 0 Å². The van der Waals surface area contributed by atoms with Crippen molar-refractivity contribution in [2.24, 2.45) is 5.92 Å². The van der Waals surface area contributed by atoms with Crippen LogP contribution in [0.2, 0.25) is 0 Å². The lowest BCUT2D eigenvalue weighted by Crippen LogP contribution is -2.60. The van der Waals surface area contributed by atoms with Gasteiger partial charge in [-0.15, -0.1) is 0 Å². The van der Waals surface area contributed by atoms with E-state index in [1.807, 2.05) is 0 Å². The smallest absolute Gasteiger partial charge is 0.0252 e. The normalized spacial score (nSPS) is 44.8. The van der Waals surface area contributed by atoms with Gasteiger partial charge in [0.1, 0.15) is 0 Å². The van der Waals surface area contributed by atoms with Crippen molar-refractivity contribution in [3.63, 3.8) is 0 Å². The van der Waals surface area contributed by atoms with Gasteiger partial charge in [-0.25, -0.2) is 0 Å². The summed E-state index contributed by atoms with van der Waals surface area (Å²) in [4.78, 5) is 5.45. The maximum absolute atomic E-state index is 3.46. The molecule has 3 heteroatoms. The predicted molar refractivity (Wildman–Crippen MR) is 66.6 cm³/mol. The third-order valence-electron chi connectivity index (χ3n) is 4.95. The molecular weight excluding hydrogens is 198 g/mol. The summed E-state index contributed by atoms with van der Waals surface area (Å²) >= 11 is 0. The van der Waals surface area contributed by atoms with Crippen LogP contribution in [0.1, 0.15) is 25.7 Å². The molecule has 4 rings (SSSR count). The topological polar surface area (TPSA) is 18.5 Å². The zero-order chi connectivity index (χ0) is 11.0. The van der Waals surface area contributed by atoms with Crippen LogP contribution in [0.25, 0.3) is 0 Å². The van der Waals surface area contributed by atoms with E-state index in [1.54, 1.807) is 0 Å². The quantitative estimate of drug-likeness (QED) is 0.746. The summed E-state index contributed by atoms with van der Waals surface area (Å²) in [6, 6.07) is 1.61. The summed E-state index contributed by atoms with van der Waals surface area (Å²) < 4.78 is 0. The van der Waals surface area contributed by atoms with Gasteiger partial charge < -0.3 is 10.2 Å². The van der Waals surface area contributed by atoms with Gasteiger partial charge in [0.15, 0.2) is 0 Å². The second-order valence-corrected chi connectivity index (χ2v) is 5.83. The summed E-state index contributed by atoms with van der Waals surface area (Å²) in [5.74, 6) is 1.00. The van der Waals surface area contributed by atoms with Crippen molar-refractivity contribution in [1.82, 2.24) is 15.1 Å². The van der Waals surface area contributed by atoms with Gasteiger partial charge in [-0.1, -0.05) is 0 Å². The summed E-state index contributed by atoms with van der Waals surface area (Å²) in [7, 11) is 2.12. The molecule has 0 aromatic rings. The van der Waals surface area contributed by atoms with Gasteiger partial charge >= 0.3 is 0 Å². The third-order valence-corrected chi connectivity index (χ3v) is 4.95. The summed E-state index contributed by atoms with van der Waals surface area (Å²) in [5, 5.41) is 3.46. The van der Waals surface area contributed by atoms with E-state index in [0.717, 1.165) is 18.0 Å². The number of rotatable bonds is 2. The zero-order valence-electron chi connectivity index (χ0n) is 10.5. The first kappa shape index (κ1) is 11.0. The summed E-state index contributed by atoms with van der Waals surface area (Å²) in [6.07, 6.45) is 5.65. The van der Waals surface area contributed by atoms with E-state index < -0.39 is 0 Å². The highest BCUT2D eigenvalue weighted by molar-refractivity contribution is 4.94. The molecule has 16 heavy (non-hydrogen) atoms. The van der Waals surface area contributed by atoms with Gasteiger partial charge in [0.2, 0.25) is 0 Å². The van der Waals surface area contributed by atoms with E-state index in [4.69, 9.17) is 0 Å². The van der Waals surface area contributed by atoms with Gasteiger partial charge in [0, 0.05) is 25.2 Å². The lowest BCUT2D eigenvalue weighted by Gasteiger charge is -2.51. The average molecular weight is 223 g/mol. The minimum atomic E-state index is 0.740. The van der Waals surface area contributed by atoms with E-state index in [-0.39, 0.29) is 0 Å². The molecule has 3 nitrogen and oxygen atoms in total. The Labute approximate surface area is 99.2 Å². The molecule has 2 bridgehead atoms. The van der Waals surface area contributed by atoms with Crippen LogP contribution in [0, 0.1) is 5.92 Å². The second kappa shape index (κ2) is 4.63. The lowest BCUT2D eigenvalue weighted by atomic mass is 9.82. The molecule has 4 fully saturated rings. The molecule has 4 heterocycles. The Morgan fingerprint density at radius 2 is 1.81 bits per heavy atom. The van der Waals surface area contributed by atoms with Crippen LogP contribution in [-0.2, 0) is 0 Å². The fraction of sp³-hybridized carbons (Fsp3) is 1.00. The largest absolute Gasteiger partial charge is 0.316 e. The SMILES string of the molecule is CNC1CCCN(C2CN3CCC2CC3)C1. The number of piperidine rings is 4. The highest BCUT2D eigenvalue weighted by Gasteiger charge is 2.38. The number of likely N-dealkylation sites (tertiary alicyclic amines) is 1. The third kappa shape index (κ3) is 2.01. The Morgan fingerprint density at radius 3 is 2.44 bits per heavy atom. The Bertz CT molecular complexity index is 235. The fourth-order valence-corrected chi connectivity index (χ4v) is 3.89. The average Bonchev–Trinajstić information content (AvgIpc) is 2.40. The molecule has 4 aliphatic rings. The first-order chi connectivity index (χ1) is 7.86. The fourth-order valence-electron chi connectivity index (χ4n) is 3.89. The number of hydrogen-bond donors (Lipinski definition) is 1. The molecule has 1 N–H and O–H groups in total. The lowest BCUT2D eigenvalue weighted by molar-refractivity contribution is -0.00734. The van der Waals surface area contributed by atoms with Crippen molar-refractivity contribution in [2.75, 3.05) is 39.8 Å². The first-order valence-electron chi connectivity index (χ1n) is 7.00. The van der Waals surface area contributed by atoms with Crippen molar-refractivity contribution in [3.05, 3.63) is 0 Å². The summed E-state index contributed by atoms with van der Waals surface area (Å²) in [5.41, 5.74) is 0. The molecule has 0 amide bonds. The van der Waals surface area contributed by atoms with E-state index >= 15 is 0 Å². The van der Waals surface area contributed by atoms with Crippen LogP contribution in [0.4, 0.5) is 0 Å². The number of hydrogen-bond acceptors (Lipinski definition) is 3. The molecule has 2 atom stereocenters. The van der Waals surface area contributed by atoms with E-state index in [9.17, 15) is 0 Å². The molecule has 2 unspecified atom stereocenters. The van der Waals surface area contributed by atoms with E-state index in [1.165, 1.54) is 58.4 Å². The summed E-state index contributed by atoms with van der Waals surface area (Å²) in [6.45, 7) is 6.70. The minimum absolute atomic E-state index is 0.740. The van der Waals surface area contributed by atoms with Gasteiger partial charge in [-0.3, -0.25) is 4.90 Å². The molecule has 0 radical (unpaired) electrons. The molecular formula is C13H25N3. The van der Waals surface area contributed by atoms with Gasteiger partial charge in [-0.05, 0) is 58.3 Å². The predicted octanol–water partition coefficient (Wildman–Crippen LogP) is 0.764. The Balaban J connectivity index is 1.63. The Hall–Kier alpha value is -0.120. The molecule has 0 saturated carbocycles. The van der Waals surface area contributed by atoms with Crippen molar-refractivity contribution in [3.8, 4) is 0 Å². The number of nitrogens with zero attached hydrogens (tertiary/aromatic N) is 2. The molecule has 4 saturated heterocycles. The highest BCUT2D eigenvalue weighted by Crippen LogP contribution is 2.32. The van der Waals surface area contributed by atoms with Gasteiger partial charge in [0.05, 0.1) is 0 Å². The second-order valence-electron chi connectivity index (χ2n) is 5.83. The van der Waals surface area contributed by atoms with E-state index in [0.29, 0.717) is 0 Å². The van der Waals surface area contributed by atoms with Gasteiger partial charge in [0.25, 0.3) is 0 Å². The van der Waals surface area contributed by atoms with E-state index in [2.05, 4.69) is 22.2 Å². The first-order valence-corrected chi connectivity index (χ1v) is 7.00. The highest BCUT2D eigenvalue weighted by atomic mass is 15.3. The van der Waals surface area contributed by atoms with Crippen LogP contribution in [-0.4, -0.2) is 61.7 Å². The number of fused-ring (bicyclic) bond motifs is 3. The number of likely N-dealkylation sites (N-methyl/N-ethyl adjacent to an activating group) is 1. The molecule has 4 aliphatic heterocycles. The van der Waals surface area contributed by atoms with Crippen LogP contribution < -0.4 is 5.32 Å². The van der Waals surface area contributed by atoms with Crippen LogP contribution in [0.5, 0.6) is 0 Å². The Morgan fingerprint density at radius 1 is 1.00 bits per heavy atom. The minimum Gasteiger partial charge on any atom is -0.316 e. The van der Waals surface area contributed by atoms with Crippen LogP contribution >= 0.6 is 0 Å². The van der Waals surface area contributed by atoms with Crippen LogP contribution in [0.15, 0.2) is 0 Å². The molecule has 0 aromatic heterocycles. The van der Waals surface area contributed by atoms with Crippen molar-refractivity contribution >= 4 is 0 Å². The maximum atomic E-state index is 3.46. The van der Waals surface area contributed by atoms with Crippen LogP contribution in [0.3, 0.4) is 0 Å². The molecule has 92 valence electrons. The molecule has 0 spiro atoms. The molecule has 0 aliphatic carbocycles. The Kier molecular flexibility index (Phi) is 3.18. The zero-order valence-corrected chi connectivity index (χ0v) is 10.5. The van der Waals surface area contributed by atoms with Crippen molar-refractivity contribution in [2.45, 2.75) is 37.8 Å². The monoisotopic (exact) mass is 223 g/mol. The van der Waals surface area contributed by atoms with Gasteiger partial charge in [-0.2, -0.15) is 0 Å². The standard InChI is InChI=1S/C13H25N3/c1-14-12-3-2-6-16(9-12)13-10-15-7-4-11(13)5-8-15/h11-14H,2-10H2,1H3. The van der Waals surface area contributed by atoms with Crippen molar-refractivity contribution in [1.29, 1.82) is 0 Å². The maximum Gasteiger partial charge on any atom is 0.0252 e. The number of nitrogens with one attached hydrogen (secondary N) is 1.